The lowest BCUT2D eigenvalue weighted by atomic mass is 9.99. The van der Waals surface area contributed by atoms with E-state index in [-0.39, 0.29) is 31.1 Å². The highest BCUT2D eigenvalue weighted by Crippen LogP contribution is 2.21. The molecule has 0 spiro atoms. The second kappa shape index (κ2) is 14.4. The predicted octanol–water partition coefficient (Wildman–Crippen LogP) is -1.56. The third kappa shape index (κ3) is 10.2. The van der Waals surface area contributed by atoms with Crippen molar-refractivity contribution in [3.63, 3.8) is 0 Å². The second-order valence-electron chi connectivity index (χ2n) is 9.96. The molecule has 0 unspecified atom stereocenters. The normalized spacial score (nSPS) is 17.9. The number of carbonyl (C=O) groups excluding carboxylic acids is 5. The van der Waals surface area contributed by atoms with Gasteiger partial charge in [0.25, 0.3) is 0 Å². The maximum absolute atomic E-state index is 13.4. The van der Waals surface area contributed by atoms with Gasteiger partial charge in [0, 0.05) is 6.54 Å². The van der Waals surface area contributed by atoms with Crippen LogP contribution < -0.4 is 27.4 Å². The quantitative estimate of drug-likeness (QED) is 0.160. The summed E-state index contributed by atoms with van der Waals surface area (Å²) in [7, 11) is 0. The zero-order valence-electron chi connectivity index (χ0n) is 21.4. The Labute approximate surface area is 211 Å². The number of aliphatic carboxylic acids is 1. The van der Waals surface area contributed by atoms with Gasteiger partial charge < -0.3 is 37.4 Å². The van der Waals surface area contributed by atoms with Crippen LogP contribution in [0.3, 0.4) is 0 Å². The van der Waals surface area contributed by atoms with Crippen molar-refractivity contribution < 1.29 is 33.9 Å². The first-order valence-corrected chi connectivity index (χ1v) is 12.2. The maximum Gasteiger partial charge on any atom is 0.322 e. The second-order valence-corrected chi connectivity index (χ2v) is 9.96. The molecule has 1 fully saturated rings. The van der Waals surface area contributed by atoms with E-state index in [4.69, 9.17) is 16.6 Å². The fraction of sp³-hybridized carbons (Fsp3) is 0.739. The van der Waals surface area contributed by atoms with Crippen LogP contribution in [0.15, 0.2) is 0 Å². The number of hydrogen-bond acceptors (Lipinski definition) is 7. The average molecular weight is 513 g/mol. The molecule has 0 aliphatic carbocycles. The zero-order valence-corrected chi connectivity index (χ0v) is 21.4. The van der Waals surface area contributed by atoms with Crippen LogP contribution in [0.4, 0.5) is 0 Å². The van der Waals surface area contributed by atoms with E-state index >= 15 is 0 Å². The van der Waals surface area contributed by atoms with Crippen LogP contribution in [0.2, 0.25) is 0 Å². The molecule has 13 heteroatoms. The summed E-state index contributed by atoms with van der Waals surface area (Å²) in [6, 6.07) is -4.02. The highest BCUT2D eigenvalue weighted by molar-refractivity contribution is 5.96. The van der Waals surface area contributed by atoms with E-state index < -0.39 is 66.2 Å². The van der Waals surface area contributed by atoms with E-state index in [1.54, 1.807) is 0 Å². The Kier molecular flexibility index (Phi) is 12.3. The molecule has 0 aromatic heterocycles. The predicted molar refractivity (Wildman–Crippen MR) is 130 cm³/mol. The number of carboxylic acids is 1. The molecule has 0 radical (unpaired) electrons. The van der Waals surface area contributed by atoms with Crippen molar-refractivity contribution in [2.45, 2.75) is 84.0 Å². The molecule has 36 heavy (non-hydrogen) atoms. The van der Waals surface area contributed by atoms with Gasteiger partial charge in [-0.2, -0.15) is 0 Å². The molecule has 1 saturated heterocycles. The standard InChI is InChI=1S/C23H40N6O7/c1-12(2)8-15(27-20(33)14(24)10-18(25)30)21(34)28-16(9-13(3)4)23(36)29-7-5-6-17(29)22(35)26-11-19(31)32/h12-17H,5-11,24H2,1-4H3,(H2,25,30)(H,26,35)(H,27,33)(H,28,34)(H,31,32)/t14-,15-,16-,17-/m0/s1. The number of nitrogens with zero attached hydrogens (tertiary/aromatic N) is 1. The van der Waals surface area contributed by atoms with Crippen LogP contribution in [-0.4, -0.2) is 82.8 Å². The molecular weight excluding hydrogens is 472 g/mol. The average Bonchev–Trinajstić information content (AvgIpc) is 3.24. The minimum Gasteiger partial charge on any atom is -0.480 e. The summed E-state index contributed by atoms with van der Waals surface area (Å²) in [6.45, 7) is 7.21. The molecule has 13 nitrogen and oxygen atoms in total. The van der Waals surface area contributed by atoms with E-state index in [2.05, 4.69) is 16.0 Å². The summed E-state index contributed by atoms with van der Waals surface area (Å²) < 4.78 is 0. The summed E-state index contributed by atoms with van der Waals surface area (Å²) in [5.41, 5.74) is 10.8. The number of carboxylic acid groups (broad SMARTS) is 1. The van der Waals surface area contributed by atoms with Crippen LogP contribution in [-0.2, 0) is 28.8 Å². The van der Waals surface area contributed by atoms with Gasteiger partial charge in [-0.15, -0.1) is 0 Å². The number of nitrogens with two attached hydrogens (primary N) is 2. The first kappa shape index (κ1) is 30.8. The number of carbonyl (C=O) groups is 6. The van der Waals surface area contributed by atoms with Gasteiger partial charge in [0.05, 0.1) is 12.5 Å². The fourth-order valence-electron chi connectivity index (χ4n) is 4.04. The molecule has 204 valence electrons. The van der Waals surface area contributed by atoms with Gasteiger partial charge in [0.1, 0.15) is 24.7 Å². The lowest BCUT2D eigenvalue weighted by Gasteiger charge is -2.31. The monoisotopic (exact) mass is 512 g/mol. The molecule has 0 aromatic rings. The van der Waals surface area contributed by atoms with Gasteiger partial charge in [-0.1, -0.05) is 27.7 Å². The minimum atomic E-state index is -1.22. The van der Waals surface area contributed by atoms with Gasteiger partial charge in [-0.25, -0.2) is 0 Å². The van der Waals surface area contributed by atoms with Crippen LogP contribution in [0, 0.1) is 11.8 Å². The van der Waals surface area contributed by atoms with E-state index in [0.717, 1.165) is 0 Å². The summed E-state index contributed by atoms with van der Waals surface area (Å²) >= 11 is 0. The third-order valence-electron chi connectivity index (χ3n) is 5.67. The first-order chi connectivity index (χ1) is 16.7. The summed E-state index contributed by atoms with van der Waals surface area (Å²) in [4.78, 5) is 74.8. The Balaban J connectivity index is 3.03. The lowest BCUT2D eigenvalue weighted by molar-refractivity contribution is -0.143. The molecular formula is C23H40N6O7. The van der Waals surface area contributed by atoms with Crippen molar-refractivity contribution in [3.05, 3.63) is 0 Å². The number of nitrogens with one attached hydrogen (secondary N) is 3. The number of amides is 5. The zero-order chi connectivity index (χ0) is 27.6. The Hall–Kier alpha value is -3.22. The molecule has 4 atom stereocenters. The molecule has 0 saturated carbocycles. The number of hydrogen-bond donors (Lipinski definition) is 6. The summed E-state index contributed by atoms with van der Waals surface area (Å²) in [5.74, 6) is -4.24. The van der Waals surface area contributed by atoms with Gasteiger partial charge in [-0.3, -0.25) is 28.8 Å². The largest absolute Gasteiger partial charge is 0.480 e. The van der Waals surface area contributed by atoms with Crippen molar-refractivity contribution in [1.82, 2.24) is 20.9 Å². The minimum absolute atomic E-state index is 0.00792. The number of rotatable bonds is 14. The Morgan fingerprint density at radius 3 is 2.03 bits per heavy atom. The van der Waals surface area contributed by atoms with Crippen molar-refractivity contribution in [1.29, 1.82) is 0 Å². The summed E-state index contributed by atoms with van der Waals surface area (Å²) in [5, 5.41) is 16.4. The molecule has 1 rings (SSSR count). The molecule has 8 N–H and O–H groups in total. The van der Waals surface area contributed by atoms with Crippen molar-refractivity contribution in [3.8, 4) is 0 Å². The van der Waals surface area contributed by atoms with Crippen molar-refractivity contribution >= 4 is 35.5 Å². The fourth-order valence-corrected chi connectivity index (χ4v) is 4.04. The van der Waals surface area contributed by atoms with Crippen molar-refractivity contribution in [2.75, 3.05) is 13.1 Å². The topological polar surface area (TPSA) is 214 Å². The van der Waals surface area contributed by atoms with Crippen molar-refractivity contribution in [2.24, 2.45) is 23.3 Å². The molecule has 1 heterocycles. The maximum atomic E-state index is 13.4. The molecule has 0 bridgehead atoms. The number of primary amides is 1. The Morgan fingerprint density at radius 2 is 1.50 bits per heavy atom. The van der Waals surface area contributed by atoms with E-state index in [0.29, 0.717) is 19.4 Å². The van der Waals surface area contributed by atoms with Gasteiger partial charge in [-0.05, 0) is 37.5 Å². The Bertz CT molecular complexity index is 832. The van der Waals surface area contributed by atoms with E-state index in [1.165, 1.54) is 4.90 Å². The number of likely N-dealkylation sites (tertiary alicyclic amines) is 1. The van der Waals surface area contributed by atoms with E-state index in [1.807, 2.05) is 27.7 Å². The van der Waals surface area contributed by atoms with E-state index in [9.17, 15) is 28.8 Å². The molecule has 5 amide bonds. The van der Waals surface area contributed by atoms with Gasteiger partial charge in [0.15, 0.2) is 0 Å². The van der Waals surface area contributed by atoms with Crippen LogP contribution in [0.5, 0.6) is 0 Å². The molecule has 1 aliphatic rings. The summed E-state index contributed by atoms with van der Waals surface area (Å²) in [6.07, 6.45) is 1.10. The highest BCUT2D eigenvalue weighted by atomic mass is 16.4. The highest BCUT2D eigenvalue weighted by Gasteiger charge is 2.38. The third-order valence-corrected chi connectivity index (χ3v) is 5.67. The van der Waals surface area contributed by atoms with Crippen LogP contribution >= 0.6 is 0 Å². The van der Waals surface area contributed by atoms with Gasteiger partial charge in [0.2, 0.25) is 29.5 Å². The van der Waals surface area contributed by atoms with Crippen LogP contribution in [0.1, 0.15) is 59.8 Å². The first-order valence-electron chi connectivity index (χ1n) is 12.2. The van der Waals surface area contributed by atoms with Gasteiger partial charge >= 0.3 is 5.97 Å². The molecule has 1 aliphatic heterocycles. The Morgan fingerprint density at radius 1 is 0.944 bits per heavy atom. The lowest BCUT2D eigenvalue weighted by Crippen LogP contribution is -2.58. The molecule has 0 aromatic carbocycles. The van der Waals surface area contributed by atoms with Crippen LogP contribution in [0.25, 0.3) is 0 Å². The SMILES string of the molecule is CC(C)C[C@H](NC(=O)[C@@H](N)CC(N)=O)C(=O)N[C@@H](CC(C)C)C(=O)N1CCC[C@H]1C(=O)NCC(=O)O. The smallest absolute Gasteiger partial charge is 0.322 e.